The molecule has 2 aromatic rings. The lowest BCUT2D eigenvalue weighted by atomic mass is 10.2. The first-order valence-corrected chi connectivity index (χ1v) is 11.3. The van der Waals surface area contributed by atoms with Crippen molar-refractivity contribution in [1.29, 1.82) is 0 Å². The van der Waals surface area contributed by atoms with Gasteiger partial charge in [0.15, 0.2) is 5.96 Å². The summed E-state index contributed by atoms with van der Waals surface area (Å²) in [6.07, 6.45) is 0. The predicted molar refractivity (Wildman–Crippen MR) is 128 cm³/mol. The number of nitrogens with one attached hydrogen (secondary N) is 2. The van der Waals surface area contributed by atoms with Gasteiger partial charge in [0.2, 0.25) is 5.91 Å². The van der Waals surface area contributed by atoms with Crippen LogP contribution < -0.4 is 20.4 Å². The highest BCUT2D eigenvalue weighted by Gasteiger charge is 2.21. The number of carbonyl (C=O) groups is 1. The third-order valence-electron chi connectivity index (χ3n) is 5.89. The molecular formula is C24H32N6O2. The third-order valence-corrected chi connectivity index (χ3v) is 5.89. The van der Waals surface area contributed by atoms with Crippen molar-refractivity contribution in [3.8, 4) is 5.75 Å². The fraction of sp³-hybridized carbons (Fsp3) is 0.417. The van der Waals surface area contributed by atoms with Crippen LogP contribution in [0.15, 0.2) is 53.5 Å². The van der Waals surface area contributed by atoms with Gasteiger partial charge in [0.1, 0.15) is 5.75 Å². The topological polar surface area (TPSA) is 83.4 Å². The van der Waals surface area contributed by atoms with Crippen molar-refractivity contribution in [2.45, 2.75) is 13.5 Å². The molecule has 2 aliphatic heterocycles. The SMILES string of the molecule is CCNC(=NCc1ccc(N2CCNC(=O)C2)cc1)N1CCN(c2ccccc2O)CC1. The zero-order chi connectivity index (χ0) is 22.3. The smallest absolute Gasteiger partial charge is 0.239 e. The number of phenols is 1. The number of nitrogens with zero attached hydrogens (tertiary/aromatic N) is 4. The van der Waals surface area contributed by atoms with Gasteiger partial charge in [0, 0.05) is 51.5 Å². The maximum atomic E-state index is 11.6. The lowest BCUT2D eigenvalue weighted by Crippen LogP contribution is -2.52. The lowest BCUT2D eigenvalue weighted by molar-refractivity contribution is -0.120. The van der Waals surface area contributed by atoms with Gasteiger partial charge in [-0.2, -0.15) is 0 Å². The average Bonchev–Trinajstić information content (AvgIpc) is 2.83. The van der Waals surface area contributed by atoms with E-state index in [-0.39, 0.29) is 5.91 Å². The van der Waals surface area contributed by atoms with Gasteiger partial charge in [-0.3, -0.25) is 4.79 Å². The summed E-state index contributed by atoms with van der Waals surface area (Å²) < 4.78 is 0. The Balaban J connectivity index is 1.36. The molecule has 1 amide bonds. The number of aliphatic imine (C=N–C) groups is 1. The van der Waals surface area contributed by atoms with E-state index in [1.54, 1.807) is 6.07 Å². The Hall–Kier alpha value is -3.42. The Kier molecular flexibility index (Phi) is 6.99. The summed E-state index contributed by atoms with van der Waals surface area (Å²) >= 11 is 0. The van der Waals surface area contributed by atoms with E-state index >= 15 is 0 Å². The largest absolute Gasteiger partial charge is 0.506 e. The van der Waals surface area contributed by atoms with Crippen molar-refractivity contribution in [3.63, 3.8) is 0 Å². The Bertz CT molecular complexity index is 938. The summed E-state index contributed by atoms with van der Waals surface area (Å²) in [6.45, 7) is 8.78. The summed E-state index contributed by atoms with van der Waals surface area (Å²) in [6, 6.07) is 15.8. The minimum Gasteiger partial charge on any atom is -0.506 e. The standard InChI is InChI=1S/C24H32N6O2/c1-2-25-24(29-15-13-28(14-16-29)21-5-3-4-6-22(21)31)27-17-19-7-9-20(10-8-19)30-12-11-26-23(32)18-30/h3-10,31H,2,11-18H2,1H3,(H,25,27)(H,26,32). The van der Waals surface area contributed by atoms with Gasteiger partial charge >= 0.3 is 0 Å². The minimum atomic E-state index is 0.0720. The molecule has 8 nitrogen and oxygen atoms in total. The van der Waals surface area contributed by atoms with Crippen molar-refractivity contribution in [2.75, 3.05) is 62.2 Å². The maximum Gasteiger partial charge on any atom is 0.239 e. The molecule has 0 radical (unpaired) electrons. The molecule has 0 unspecified atom stereocenters. The molecular weight excluding hydrogens is 404 g/mol. The summed E-state index contributed by atoms with van der Waals surface area (Å²) in [5.41, 5.74) is 3.10. The molecule has 2 fully saturated rings. The summed E-state index contributed by atoms with van der Waals surface area (Å²) in [4.78, 5) is 23.1. The van der Waals surface area contributed by atoms with Gasteiger partial charge in [-0.25, -0.2) is 4.99 Å². The molecule has 0 aliphatic carbocycles. The van der Waals surface area contributed by atoms with Crippen LogP contribution in [0.1, 0.15) is 12.5 Å². The van der Waals surface area contributed by atoms with Crippen LogP contribution in [0.5, 0.6) is 5.75 Å². The monoisotopic (exact) mass is 436 g/mol. The second kappa shape index (κ2) is 10.3. The van der Waals surface area contributed by atoms with Crippen LogP contribution in [0.25, 0.3) is 0 Å². The molecule has 4 rings (SSSR count). The predicted octanol–water partition coefficient (Wildman–Crippen LogP) is 1.62. The highest BCUT2D eigenvalue weighted by Crippen LogP contribution is 2.27. The Labute approximate surface area is 189 Å². The zero-order valence-corrected chi connectivity index (χ0v) is 18.6. The van der Waals surface area contributed by atoms with E-state index in [1.165, 1.54) is 0 Å². The number of piperazine rings is 2. The van der Waals surface area contributed by atoms with E-state index in [9.17, 15) is 9.90 Å². The molecule has 170 valence electrons. The highest BCUT2D eigenvalue weighted by atomic mass is 16.3. The van der Waals surface area contributed by atoms with Crippen LogP contribution in [0, 0.1) is 0 Å². The van der Waals surface area contributed by atoms with E-state index < -0.39 is 0 Å². The van der Waals surface area contributed by atoms with Gasteiger partial charge < -0.3 is 30.4 Å². The summed E-state index contributed by atoms with van der Waals surface area (Å²) in [5, 5.41) is 16.4. The van der Waals surface area contributed by atoms with Crippen LogP contribution in [0.4, 0.5) is 11.4 Å². The first-order chi connectivity index (χ1) is 15.6. The first kappa shape index (κ1) is 21.8. The average molecular weight is 437 g/mol. The number of amides is 1. The summed E-state index contributed by atoms with van der Waals surface area (Å²) in [7, 11) is 0. The molecule has 3 N–H and O–H groups in total. The maximum absolute atomic E-state index is 11.6. The summed E-state index contributed by atoms with van der Waals surface area (Å²) in [5.74, 6) is 1.32. The number of carbonyl (C=O) groups excluding carboxylic acids is 1. The van der Waals surface area contributed by atoms with Crippen molar-refractivity contribution >= 4 is 23.2 Å². The number of guanidine groups is 1. The molecule has 2 aromatic carbocycles. The van der Waals surface area contributed by atoms with E-state index in [2.05, 4.69) is 56.5 Å². The number of aromatic hydroxyl groups is 1. The van der Waals surface area contributed by atoms with Crippen molar-refractivity contribution in [3.05, 3.63) is 54.1 Å². The molecule has 8 heteroatoms. The van der Waals surface area contributed by atoms with Crippen LogP contribution >= 0.6 is 0 Å². The third kappa shape index (κ3) is 5.25. The van der Waals surface area contributed by atoms with E-state index in [0.717, 1.165) is 62.2 Å². The van der Waals surface area contributed by atoms with Crippen molar-refractivity contribution < 1.29 is 9.90 Å². The molecule has 0 atom stereocenters. The molecule has 0 spiro atoms. The Morgan fingerprint density at radius 3 is 2.47 bits per heavy atom. The number of anilines is 2. The van der Waals surface area contributed by atoms with Gasteiger partial charge in [-0.05, 0) is 36.8 Å². The van der Waals surface area contributed by atoms with Gasteiger partial charge in [-0.1, -0.05) is 24.3 Å². The molecule has 2 aliphatic rings. The molecule has 2 saturated heterocycles. The van der Waals surface area contributed by atoms with E-state index in [1.807, 2.05) is 18.2 Å². The number of hydrogen-bond donors (Lipinski definition) is 3. The van der Waals surface area contributed by atoms with Gasteiger partial charge in [0.05, 0.1) is 18.8 Å². The van der Waals surface area contributed by atoms with Crippen LogP contribution in [-0.2, 0) is 11.3 Å². The molecule has 0 saturated carbocycles. The number of phenolic OH excluding ortho intramolecular Hbond substituents is 1. The second-order valence-electron chi connectivity index (χ2n) is 8.07. The molecule has 32 heavy (non-hydrogen) atoms. The number of rotatable bonds is 5. The quantitative estimate of drug-likeness (QED) is 0.488. The van der Waals surface area contributed by atoms with Crippen molar-refractivity contribution in [2.24, 2.45) is 4.99 Å². The van der Waals surface area contributed by atoms with Crippen LogP contribution in [0.2, 0.25) is 0 Å². The molecule has 0 aromatic heterocycles. The zero-order valence-electron chi connectivity index (χ0n) is 18.6. The van der Waals surface area contributed by atoms with Gasteiger partial charge in [-0.15, -0.1) is 0 Å². The number of para-hydroxylation sites is 2. The minimum absolute atomic E-state index is 0.0720. The molecule has 0 bridgehead atoms. The Morgan fingerprint density at radius 2 is 1.78 bits per heavy atom. The Morgan fingerprint density at radius 1 is 1.03 bits per heavy atom. The molecule has 2 heterocycles. The highest BCUT2D eigenvalue weighted by molar-refractivity contribution is 5.82. The number of benzene rings is 2. The fourth-order valence-corrected chi connectivity index (χ4v) is 4.15. The number of hydrogen-bond acceptors (Lipinski definition) is 5. The van der Waals surface area contributed by atoms with E-state index in [0.29, 0.717) is 25.4 Å². The fourth-order valence-electron chi connectivity index (χ4n) is 4.15. The van der Waals surface area contributed by atoms with Gasteiger partial charge in [0.25, 0.3) is 0 Å². The van der Waals surface area contributed by atoms with Crippen LogP contribution in [-0.4, -0.2) is 74.2 Å². The first-order valence-electron chi connectivity index (χ1n) is 11.3. The lowest BCUT2D eigenvalue weighted by Gasteiger charge is -2.37. The second-order valence-corrected chi connectivity index (χ2v) is 8.07. The van der Waals surface area contributed by atoms with E-state index in [4.69, 9.17) is 4.99 Å². The normalized spacial score (nSPS) is 17.3. The van der Waals surface area contributed by atoms with Crippen molar-refractivity contribution in [1.82, 2.24) is 15.5 Å². The van der Waals surface area contributed by atoms with Crippen LogP contribution in [0.3, 0.4) is 0 Å².